The molecule has 0 bridgehead atoms. The molecule has 0 saturated carbocycles. The standard InChI is InChI=1S/C19H27N5O2S/c1-2-26-19(25)23-18(20)24(10-6-9-17-13-21-15-22-17)11-12-27-14-16-7-4-3-5-8-16/h3-5,7-8,13,15H,2,6,9-12,14H2,1H3,(H,21,22)(H2,20,23,25). The minimum absolute atomic E-state index is 0.0818. The number of H-pyrrole nitrogens is 1. The third-order valence-corrected chi connectivity index (χ3v) is 4.87. The molecule has 0 fully saturated rings. The molecule has 3 N–H and O–H groups in total. The first kappa shape index (κ1) is 20.8. The van der Waals surface area contributed by atoms with E-state index in [0.717, 1.165) is 30.0 Å². The summed E-state index contributed by atoms with van der Waals surface area (Å²) in [7, 11) is 0. The van der Waals surface area contributed by atoms with Crippen molar-refractivity contribution in [3.63, 3.8) is 0 Å². The second-order valence-electron chi connectivity index (χ2n) is 5.90. The quantitative estimate of drug-likeness (QED) is 0.329. The predicted octanol–water partition coefficient (Wildman–Crippen LogP) is 3.26. The fourth-order valence-corrected chi connectivity index (χ4v) is 3.42. The molecule has 2 aromatic rings. The third kappa shape index (κ3) is 8.17. The smallest absolute Gasteiger partial charge is 0.413 e. The van der Waals surface area contributed by atoms with Gasteiger partial charge in [0.25, 0.3) is 0 Å². The summed E-state index contributed by atoms with van der Waals surface area (Å²) >= 11 is 1.81. The van der Waals surface area contributed by atoms with Gasteiger partial charge in [-0.25, -0.2) is 9.78 Å². The third-order valence-electron chi connectivity index (χ3n) is 3.86. The number of ether oxygens (including phenoxy) is 1. The van der Waals surface area contributed by atoms with Crippen LogP contribution in [0, 0.1) is 5.41 Å². The van der Waals surface area contributed by atoms with Gasteiger partial charge in [-0.2, -0.15) is 11.8 Å². The van der Waals surface area contributed by atoms with Gasteiger partial charge < -0.3 is 14.6 Å². The van der Waals surface area contributed by atoms with Crippen LogP contribution >= 0.6 is 11.8 Å². The Hall–Kier alpha value is -2.48. The maximum absolute atomic E-state index is 11.6. The van der Waals surface area contributed by atoms with Crippen molar-refractivity contribution >= 4 is 23.8 Å². The highest BCUT2D eigenvalue weighted by Gasteiger charge is 2.13. The van der Waals surface area contributed by atoms with Crippen molar-refractivity contribution in [3.8, 4) is 0 Å². The van der Waals surface area contributed by atoms with Gasteiger partial charge in [-0.3, -0.25) is 10.7 Å². The summed E-state index contributed by atoms with van der Waals surface area (Å²) in [6, 6.07) is 10.3. The molecule has 0 aliphatic rings. The number of carbonyl (C=O) groups is 1. The van der Waals surface area contributed by atoms with Crippen LogP contribution in [0.25, 0.3) is 0 Å². The molecule has 1 amide bonds. The van der Waals surface area contributed by atoms with Gasteiger partial charge in [0.05, 0.1) is 12.9 Å². The minimum Gasteiger partial charge on any atom is -0.450 e. The van der Waals surface area contributed by atoms with Crippen LogP contribution in [0.3, 0.4) is 0 Å². The Labute approximate surface area is 164 Å². The monoisotopic (exact) mass is 389 g/mol. The summed E-state index contributed by atoms with van der Waals surface area (Å²) in [4.78, 5) is 20.6. The lowest BCUT2D eigenvalue weighted by molar-refractivity contribution is 0.156. The number of thioether (sulfide) groups is 1. The van der Waals surface area contributed by atoms with Crippen LogP contribution in [0.5, 0.6) is 0 Å². The number of hydrogen-bond acceptors (Lipinski definition) is 5. The zero-order valence-electron chi connectivity index (χ0n) is 15.6. The molecule has 2 rings (SSSR count). The lowest BCUT2D eigenvalue weighted by atomic mass is 10.2. The zero-order chi connectivity index (χ0) is 19.3. The highest BCUT2D eigenvalue weighted by molar-refractivity contribution is 7.98. The van der Waals surface area contributed by atoms with E-state index in [4.69, 9.17) is 10.1 Å². The summed E-state index contributed by atoms with van der Waals surface area (Å²) in [5.74, 6) is 1.88. The van der Waals surface area contributed by atoms with Crippen molar-refractivity contribution < 1.29 is 9.53 Å². The number of benzene rings is 1. The van der Waals surface area contributed by atoms with E-state index in [1.54, 1.807) is 13.3 Å². The van der Waals surface area contributed by atoms with Crippen LogP contribution in [-0.2, 0) is 16.9 Å². The minimum atomic E-state index is -0.585. The number of imidazole rings is 1. The van der Waals surface area contributed by atoms with Crippen LogP contribution in [0.4, 0.5) is 4.79 Å². The number of aromatic amines is 1. The molecule has 0 aliphatic carbocycles. The van der Waals surface area contributed by atoms with Gasteiger partial charge in [-0.05, 0) is 25.3 Å². The normalized spacial score (nSPS) is 10.4. The summed E-state index contributed by atoms with van der Waals surface area (Å²) in [5.41, 5.74) is 2.35. The van der Waals surface area contributed by atoms with Crippen molar-refractivity contribution in [1.82, 2.24) is 20.2 Å². The number of aromatic nitrogens is 2. The van der Waals surface area contributed by atoms with E-state index in [-0.39, 0.29) is 12.6 Å². The molecule has 0 radical (unpaired) electrons. The van der Waals surface area contributed by atoms with E-state index >= 15 is 0 Å². The highest BCUT2D eigenvalue weighted by atomic mass is 32.2. The molecule has 1 heterocycles. The molecule has 0 atom stereocenters. The first-order valence-corrected chi connectivity index (χ1v) is 10.2. The molecule has 8 heteroatoms. The molecular formula is C19H27N5O2S. The largest absolute Gasteiger partial charge is 0.450 e. The van der Waals surface area contributed by atoms with Crippen molar-refractivity contribution in [1.29, 1.82) is 5.41 Å². The Balaban J connectivity index is 1.79. The molecule has 27 heavy (non-hydrogen) atoms. The number of carbonyl (C=O) groups excluding carboxylic acids is 1. The average molecular weight is 390 g/mol. The van der Waals surface area contributed by atoms with Crippen molar-refractivity contribution in [3.05, 3.63) is 54.1 Å². The molecule has 0 saturated heterocycles. The number of rotatable bonds is 10. The first-order chi connectivity index (χ1) is 13.2. The van der Waals surface area contributed by atoms with Crippen molar-refractivity contribution in [2.75, 3.05) is 25.4 Å². The maximum Gasteiger partial charge on any atom is 0.413 e. The van der Waals surface area contributed by atoms with Crippen LogP contribution in [-0.4, -0.2) is 52.4 Å². The molecule has 0 spiro atoms. The van der Waals surface area contributed by atoms with E-state index < -0.39 is 6.09 Å². The Morgan fingerprint density at radius 1 is 1.33 bits per heavy atom. The fourth-order valence-electron chi connectivity index (χ4n) is 2.50. The number of nitrogens with zero attached hydrogens (tertiary/aromatic N) is 2. The maximum atomic E-state index is 11.6. The molecular weight excluding hydrogens is 362 g/mol. The van der Waals surface area contributed by atoms with Crippen LogP contribution in [0.1, 0.15) is 24.6 Å². The molecule has 1 aromatic heterocycles. The SMILES string of the molecule is CCOC(=O)NC(=N)N(CCCc1cnc[nH]1)CCSCc1ccccc1. The highest BCUT2D eigenvalue weighted by Crippen LogP contribution is 2.12. The van der Waals surface area contributed by atoms with Gasteiger partial charge in [-0.1, -0.05) is 30.3 Å². The van der Waals surface area contributed by atoms with Gasteiger partial charge in [-0.15, -0.1) is 0 Å². The van der Waals surface area contributed by atoms with E-state index in [9.17, 15) is 4.79 Å². The number of guanidine groups is 1. The van der Waals surface area contributed by atoms with Gasteiger partial charge in [0.15, 0.2) is 0 Å². The lowest BCUT2D eigenvalue weighted by Gasteiger charge is -2.24. The van der Waals surface area contributed by atoms with Gasteiger partial charge in [0, 0.05) is 36.5 Å². The molecule has 0 unspecified atom stereocenters. The summed E-state index contributed by atoms with van der Waals surface area (Å²) in [6.07, 6.45) is 4.59. The molecule has 7 nitrogen and oxygen atoms in total. The topological polar surface area (TPSA) is 94.1 Å². The number of amides is 1. The van der Waals surface area contributed by atoms with E-state index in [0.29, 0.717) is 13.1 Å². The fraction of sp³-hybridized carbons (Fsp3) is 0.421. The Morgan fingerprint density at radius 3 is 2.85 bits per heavy atom. The van der Waals surface area contributed by atoms with Crippen LogP contribution in [0.15, 0.2) is 42.9 Å². The molecule has 146 valence electrons. The Morgan fingerprint density at radius 2 is 2.15 bits per heavy atom. The molecule has 0 aliphatic heterocycles. The van der Waals surface area contributed by atoms with Crippen LogP contribution < -0.4 is 5.32 Å². The molecule has 1 aromatic carbocycles. The Bertz CT molecular complexity index is 679. The van der Waals surface area contributed by atoms with Crippen molar-refractivity contribution in [2.45, 2.75) is 25.5 Å². The number of alkyl carbamates (subject to hydrolysis) is 1. The van der Waals surface area contributed by atoms with E-state index in [2.05, 4.69) is 27.4 Å². The van der Waals surface area contributed by atoms with Gasteiger partial charge in [0.1, 0.15) is 0 Å². The average Bonchev–Trinajstić information content (AvgIpc) is 3.18. The summed E-state index contributed by atoms with van der Waals surface area (Å²) < 4.78 is 4.87. The first-order valence-electron chi connectivity index (χ1n) is 9.05. The van der Waals surface area contributed by atoms with Gasteiger partial charge >= 0.3 is 6.09 Å². The van der Waals surface area contributed by atoms with Crippen molar-refractivity contribution in [2.24, 2.45) is 0 Å². The summed E-state index contributed by atoms with van der Waals surface area (Å²) in [6.45, 7) is 3.39. The summed E-state index contributed by atoms with van der Waals surface area (Å²) in [5, 5.41) is 10.7. The second kappa shape index (κ2) is 12.0. The zero-order valence-corrected chi connectivity index (χ0v) is 16.4. The predicted molar refractivity (Wildman–Crippen MR) is 109 cm³/mol. The van der Waals surface area contributed by atoms with E-state index in [1.165, 1.54) is 5.56 Å². The lowest BCUT2D eigenvalue weighted by Crippen LogP contribution is -2.45. The van der Waals surface area contributed by atoms with E-state index in [1.807, 2.05) is 41.1 Å². The van der Waals surface area contributed by atoms with Crippen LogP contribution in [0.2, 0.25) is 0 Å². The number of aryl methyl sites for hydroxylation is 1. The van der Waals surface area contributed by atoms with Gasteiger partial charge in [0.2, 0.25) is 5.96 Å². The second-order valence-corrected chi connectivity index (χ2v) is 7.00. The Kier molecular flexibility index (Phi) is 9.26. The number of hydrogen-bond donors (Lipinski definition) is 3. The number of nitrogens with one attached hydrogen (secondary N) is 3.